The molecule has 126 valence electrons. The molecule has 0 aromatic heterocycles. The van der Waals surface area contributed by atoms with Crippen molar-refractivity contribution in [3.8, 4) is 0 Å². The van der Waals surface area contributed by atoms with Crippen molar-refractivity contribution >= 4 is 0 Å². The maximum atomic E-state index is 10.6. The Labute approximate surface area is 132 Å². The number of rotatable bonds is 11. The summed E-state index contributed by atoms with van der Waals surface area (Å²) in [5, 5.41) is 10.6. The molecule has 0 bridgehead atoms. The zero-order valence-corrected chi connectivity index (χ0v) is 14.6. The number of hydrogen-bond acceptors (Lipinski definition) is 2. The molecule has 1 rings (SSSR count). The van der Waals surface area contributed by atoms with Gasteiger partial charge < -0.3 is 10.8 Å². The third-order valence-corrected chi connectivity index (χ3v) is 5.87. The summed E-state index contributed by atoms with van der Waals surface area (Å²) >= 11 is 0. The van der Waals surface area contributed by atoms with Gasteiger partial charge in [0.15, 0.2) is 0 Å². The molecule has 1 atom stereocenters. The van der Waals surface area contributed by atoms with Gasteiger partial charge >= 0.3 is 0 Å². The highest BCUT2D eigenvalue weighted by atomic mass is 16.3. The van der Waals surface area contributed by atoms with E-state index in [2.05, 4.69) is 13.8 Å². The van der Waals surface area contributed by atoms with E-state index in [4.69, 9.17) is 5.73 Å². The second-order valence-corrected chi connectivity index (χ2v) is 7.34. The minimum Gasteiger partial charge on any atom is -0.393 e. The quantitative estimate of drug-likeness (QED) is 0.525. The van der Waals surface area contributed by atoms with Crippen LogP contribution < -0.4 is 5.73 Å². The topological polar surface area (TPSA) is 46.2 Å². The minimum absolute atomic E-state index is 0.0356. The van der Waals surface area contributed by atoms with Crippen molar-refractivity contribution in [2.45, 2.75) is 103 Å². The van der Waals surface area contributed by atoms with Crippen LogP contribution in [0.1, 0.15) is 97.3 Å². The minimum atomic E-state index is -0.170. The summed E-state index contributed by atoms with van der Waals surface area (Å²) in [4.78, 5) is 0. The van der Waals surface area contributed by atoms with E-state index >= 15 is 0 Å². The Kier molecular flexibility index (Phi) is 9.59. The number of aliphatic hydroxyl groups is 1. The average molecular weight is 298 g/mol. The Morgan fingerprint density at radius 3 is 2.10 bits per heavy atom. The predicted molar refractivity (Wildman–Crippen MR) is 92.4 cm³/mol. The molecule has 0 aliphatic heterocycles. The highest BCUT2D eigenvalue weighted by Gasteiger charge is 2.39. The third-order valence-electron chi connectivity index (χ3n) is 5.87. The summed E-state index contributed by atoms with van der Waals surface area (Å²) in [5.74, 6) is 0.871. The van der Waals surface area contributed by atoms with Crippen LogP contribution in [0, 0.1) is 11.3 Å². The standard InChI is InChI=1S/C19H39NO/c1-3-5-6-7-8-9-10-11-18(21)19(16-20)14-12-17(4-2)13-15-19/h17-18,21H,3-16,20H2,1-2H3. The van der Waals surface area contributed by atoms with Crippen LogP contribution in [-0.4, -0.2) is 17.8 Å². The molecule has 1 aliphatic carbocycles. The monoisotopic (exact) mass is 297 g/mol. The van der Waals surface area contributed by atoms with Crippen LogP contribution in [0.5, 0.6) is 0 Å². The Bertz CT molecular complexity index is 246. The van der Waals surface area contributed by atoms with Crippen molar-refractivity contribution in [2.75, 3.05) is 6.54 Å². The largest absolute Gasteiger partial charge is 0.393 e. The lowest BCUT2D eigenvalue weighted by Crippen LogP contribution is -2.44. The number of aliphatic hydroxyl groups excluding tert-OH is 1. The van der Waals surface area contributed by atoms with Crippen LogP contribution in [0.4, 0.5) is 0 Å². The van der Waals surface area contributed by atoms with E-state index in [1.54, 1.807) is 0 Å². The molecule has 1 saturated carbocycles. The fourth-order valence-corrected chi connectivity index (χ4v) is 3.94. The van der Waals surface area contributed by atoms with Crippen LogP contribution in [-0.2, 0) is 0 Å². The van der Waals surface area contributed by atoms with Crippen LogP contribution in [0.3, 0.4) is 0 Å². The molecule has 1 fully saturated rings. The normalized spacial score (nSPS) is 27.7. The van der Waals surface area contributed by atoms with E-state index in [0.717, 1.165) is 25.2 Å². The molecule has 2 nitrogen and oxygen atoms in total. The van der Waals surface area contributed by atoms with E-state index in [1.807, 2.05) is 0 Å². The SMILES string of the molecule is CCCCCCCCCC(O)C1(CN)CCC(CC)CC1. The van der Waals surface area contributed by atoms with E-state index in [0.29, 0.717) is 6.54 Å². The van der Waals surface area contributed by atoms with Crippen LogP contribution in [0.25, 0.3) is 0 Å². The summed E-state index contributed by atoms with van der Waals surface area (Å²) < 4.78 is 0. The summed E-state index contributed by atoms with van der Waals surface area (Å²) in [5.41, 5.74) is 6.09. The van der Waals surface area contributed by atoms with Gasteiger partial charge in [0, 0.05) is 12.0 Å². The molecular formula is C19H39NO. The van der Waals surface area contributed by atoms with Gasteiger partial charge in [-0.15, -0.1) is 0 Å². The van der Waals surface area contributed by atoms with Gasteiger partial charge in [-0.2, -0.15) is 0 Å². The first kappa shape index (κ1) is 19.0. The average Bonchev–Trinajstić information content (AvgIpc) is 2.53. The van der Waals surface area contributed by atoms with Crippen molar-refractivity contribution in [2.24, 2.45) is 17.1 Å². The Morgan fingerprint density at radius 2 is 1.57 bits per heavy atom. The van der Waals surface area contributed by atoms with Gasteiger partial charge in [-0.3, -0.25) is 0 Å². The first-order chi connectivity index (χ1) is 10.2. The fraction of sp³-hybridized carbons (Fsp3) is 1.00. The molecule has 0 spiro atoms. The molecule has 0 heterocycles. The summed E-state index contributed by atoms with van der Waals surface area (Å²) in [6, 6.07) is 0. The number of nitrogens with two attached hydrogens (primary N) is 1. The van der Waals surface area contributed by atoms with Crippen LogP contribution >= 0.6 is 0 Å². The lowest BCUT2D eigenvalue weighted by molar-refractivity contribution is -0.0146. The Balaban J connectivity index is 2.21. The lowest BCUT2D eigenvalue weighted by atomic mass is 9.66. The van der Waals surface area contributed by atoms with Crippen LogP contribution in [0.2, 0.25) is 0 Å². The molecule has 0 aromatic carbocycles. The third kappa shape index (κ3) is 6.28. The van der Waals surface area contributed by atoms with E-state index < -0.39 is 0 Å². The van der Waals surface area contributed by atoms with Crippen molar-refractivity contribution in [1.29, 1.82) is 0 Å². The fourth-order valence-electron chi connectivity index (χ4n) is 3.94. The zero-order valence-electron chi connectivity index (χ0n) is 14.6. The molecule has 0 amide bonds. The molecule has 0 radical (unpaired) electrons. The summed E-state index contributed by atoms with van der Waals surface area (Å²) in [6.07, 6.45) is 16.1. The van der Waals surface area contributed by atoms with Crippen molar-refractivity contribution in [1.82, 2.24) is 0 Å². The van der Waals surface area contributed by atoms with Gasteiger partial charge in [0.25, 0.3) is 0 Å². The van der Waals surface area contributed by atoms with Gasteiger partial charge in [0.2, 0.25) is 0 Å². The highest BCUT2D eigenvalue weighted by Crippen LogP contribution is 2.43. The first-order valence-electron chi connectivity index (χ1n) is 9.56. The van der Waals surface area contributed by atoms with E-state index in [9.17, 15) is 5.11 Å². The predicted octanol–water partition coefficient (Wildman–Crippen LogP) is 5.03. The van der Waals surface area contributed by atoms with Gasteiger partial charge in [0.1, 0.15) is 0 Å². The second kappa shape index (κ2) is 10.6. The Morgan fingerprint density at radius 1 is 1.00 bits per heavy atom. The molecule has 0 saturated heterocycles. The van der Waals surface area contributed by atoms with Crippen molar-refractivity contribution in [3.05, 3.63) is 0 Å². The zero-order chi connectivity index (χ0) is 15.6. The van der Waals surface area contributed by atoms with Crippen molar-refractivity contribution < 1.29 is 5.11 Å². The van der Waals surface area contributed by atoms with Gasteiger partial charge in [-0.25, -0.2) is 0 Å². The number of hydrogen-bond donors (Lipinski definition) is 2. The lowest BCUT2D eigenvalue weighted by Gasteiger charge is -2.43. The molecule has 1 aliphatic rings. The van der Waals surface area contributed by atoms with E-state index in [-0.39, 0.29) is 11.5 Å². The van der Waals surface area contributed by atoms with Gasteiger partial charge in [-0.1, -0.05) is 65.2 Å². The molecule has 21 heavy (non-hydrogen) atoms. The van der Waals surface area contributed by atoms with Crippen molar-refractivity contribution in [3.63, 3.8) is 0 Å². The molecule has 2 heteroatoms. The summed E-state index contributed by atoms with van der Waals surface area (Å²) in [7, 11) is 0. The highest BCUT2D eigenvalue weighted by molar-refractivity contribution is 4.91. The second-order valence-electron chi connectivity index (χ2n) is 7.34. The molecule has 1 unspecified atom stereocenters. The maximum Gasteiger partial charge on any atom is 0.0608 e. The van der Waals surface area contributed by atoms with E-state index in [1.165, 1.54) is 64.2 Å². The smallest absolute Gasteiger partial charge is 0.0608 e. The summed E-state index contributed by atoms with van der Waals surface area (Å²) in [6.45, 7) is 5.21. The molecular weight excluding hydrogens is 258 g/mol. The number of unbranched alkanes of at least 4 members (excludes halogenated alkanes) is 6. The molecule has 0 aromatic rings. The molecule has 3 N–H and O–H groups in total. The van der Waals surface area contributed by atoms with Gasteiger partial charge in [0.05, 0.1) is 6.10 Å². The Hall–Kier alpha value is -0.0800. The first-order valence-corrected chi connectivity index (χ1v) is 9.56. The van der Waals surface area contributed by atoms with Gasteiger partial charge in [-0.05, 0) is 38.0 Å². The maximum absolute atomic E-state index is 10.6. The van der Waals surface area contributed by atoms with Crippen LogP contribution in [0.15, 0.2) is 0 Å².